The van der Waals surface area contributed by atoms with Gasteiger partial charge in [0.05, 0.1) is 6.61 Å². The van der Waals surface area contributed by atoms with E-state index in [0.717, 1.165) is 5.56 Å². The van der Waals surface area contributed by atoms with E-state index in [2.05, 4.69) is 4.98 Å². The number of aliphatic hydroxyl groups excluding tert-OH is 1. The van der Waals surface area contributed by atoms with Gasteiger partial charge in [0.25, 0.3) is 0 Å². The predicted octanol–water partition coefficient (Wildman–Crippen LogP) is 3.31. The maximum Gasteiger partial charge on any atom is 0.167 e. The van der Waals surface area contributed by atoms with Crippen molar-refractivity contribution in [2.45, 2.75) is 13.0 Å². The van der Waals surface area contributed by atoms with E-state index >= 15 is 0 Å². The van der Waals surface area contributed by atoms with E-state index < -0.39 is 0 Å². The van der Waals surface area contributed by atoms with Gasteiger partial charge in [-0.15, -0.1) is 0 Å². The van der Waals surface area contributed by atoms with Crippen molar-refractivity contribution in [2.24, 2.45) is 0 Å². The molecule has 0 atom stereocenters. The second kappa shape index (κ2) is 6.15. The molecule has 1 N–H and O–H groups in total. The molecule has 0 radical (unpaired) electrons. The molecule has 0 aliphatic heterocycles. The summed E-state index contributed by atoms with van der Waals surface area (Å²) in [5, 5.41) is 9.48. The summed E-state index contributed by atoms with van der Waals surface area (Å²) < 4.78 is 0. The number of aromatic nitrogens is 1. The first-order chi connectivity index (χ1) is 9.10. The summed E-state index contributed by atoms with van der Waals surface area (Å²) in [5.41, 5.74) is 1.98. The monoisotopic (exact) mass is 295 g/mol. The van der Waals surface area contributed by atoms with Gasteiger partial charge >= 0.3 is 0 Å². The summed E-state index contributed by atoms with van der Waals surface area (Å²) >= 11 is 11.6. The van der Waals surface area contributed by atoms with Crippen LogP contribution in [0.4, 0.5) is 0 Å². The minimum absolute atomic E-state index is 0.0403. The van der Waals surface area contributed by atoms with Gasteiger partial charge in [0, 0.05) is 12.0 Å². The predicted molar refractivity (Wildman–Crippen MR) is 74.7 cm³/mol. The van der Waals surface area contributed by atoms with Gasteiger partial charge in [-0.25, -0.2) is 4.98 Å². The van der Waals surface area contributed by atoms with Crippen molar-refractivity contribution in [1.82, 2.24) is 4.98 Å². The largest absolute Gasteiger partial charge is 0.392 e. The molecule has 98 valence electrons. The van der Waals surface area contributed by atoms with Gasteiger partial charge in [-0.2, -0.15) is 0 Å². The average Bonchev–Trinajstić information content (AvgIpc) is 2.42. The van der Waals surface area contributed by atoms with E-state index in [1.807, 2.05) is 0 Å². The van der Waals surface area contributed by atoms with Gasteiger partial charge in [0.15, 0.2) is 5.78 Å². The number of Topliss-reactive ketones (excluding diaryl/α,β-unsaturated/α-hetero) is 1. The number of hydrogen-bond acceptors (Lipinski definition) is 3. The standard InChI is InChI=1S/C14H11Cl2NO2/c15-13-6-5-11(14(16)17-13)7-12(19)10-3-1-9(8-18)2-4-10/h1-6,18H,7-8H2. The summed E-state index contributed by atoms with van der Waals surface area (Å²) in [6, 6.07) is 10.1. The third-order valence-corrected chi connectivity index (χ3v) is 3.24. The lowest BCUT2D eigenvalue weighted by atomic mass is 10.0. The minimum Gasteiger partial charge on any atom is -0.392 e. The van der Waals surface area contributed by atoms with Crippen LogP contribution in [0.1, 0.15) is 21.5 Å². The molecule has 2 rings (SSSR count). The summed E-state index contributed by atoms with van der Waals surface area (Å²) in [6.45, 7) is -0.0403. The smallest absolute Gasteiger partial charge is 0.167 e. The topological polar surface area (TPSA) is 50.2 Å². The molecule has 0 aliphatic carbocycles. The average molecular weight is 296 g/mol. The fourth-order valence-corrected chi connectivity index (χ4v) is 2.06. The number of halogens is 2. The number of carbonyl (C=O) groups is 1. The molecule has 1 aromatic heterocycles. The van der Waals surface area contributed by atoms with Crippen molar-refractivity contribution in [2.75, 3.05) is 0 Å². The summed E-state index contributed by atoms with van der Waals surface area (Å²) in [6.07, 6.45) is 0.168. The summed E-state index contributed by atoms with van der Waals surface area (Å²) in [5.74, 6) is -0.0597. The third kappa shape index (κ3) is 3.53. The molecule has 5 heteroatoms. The van der Waals surface area contributed by atoms with E-state index in [1.54, 1.807) is 36.4 Å². The number of nitrogens with zero attached hydrogens (tertiary/aromatic N) is 1. The van der Waals surface area contributed by atoms with Gasteiger partial charge in [0.1, 0.15) is 10.3 Å². The van der Waals surface area contributed by atoms with Gasteiger partial charge in [-0.1, -0.05) is 53.5 Å². The lowest BCUT2D eigenvalue weighted by molar-refractivity contribution is 0.0993. The number of hydrogen-bond donors (Lipinski definition) is 1. The van der Waals surface area contributed by atoms with Crippen LogP contribution >= 0.6 is 23.2 Å². The highest BCUT2D eigenvalue weighted by Gasteiger charge is 2.10. The van der Waals surface area contributed by atoms with E-state index in [4.69, 9.17) is 28.3 Å². The van der Waals surface area contributed by atoms with E-state index in [0.29, 0.717) is 16.3 Å². The second-order valence-corrected chi connectivity index (χ2v) is 4.78. The lowest BCUT2D eigenvalue weighted by Gasteiger charge is -2.04. The quantitative estimate of drug-likeness (QED) is 0.695. The SMILES string of the molecule is O=C(Cc1ccc(Cl)nc1Cl)c1ccc(CO)cc1. The Morgan fingerprint density at radius 3 is 2.37 bits per heavy atom. The highest BCUT2D eigenvalue weighted by molar-refractivity contribution is 6.33. The third-order valence-electron chi connectivity index (χ3n) is 2.70. The van der Waals surface area contributed by atoms with Crippen LogP contribution in [0.2, 0.25) is 10.3 Å². The Morgan fingerprint density at radius 1 is 1.11 bits per heavy atom. The first-order valence-corrected chi connectivity index (χ1v) is 6.39. The molecule has 1 heterocycles. The highest BCUT2D eigenvalue weighted by atomic mass is 35.5. The van der Waals surface area contributed by atoms with E-state index in [9.17, 15) is 4.79 Å². The van der Waals surface area contributed by atoms with Crippen molar-refractivity contribution >= 4 is 29.0 Å². The molecule has 2 aromatic rings. The molecule has 0 amide bonds. The van der Waals surface area contributed by atoms with Crippen LogP contribution in [-0.2, 0) is 13.0 Å². The number of benzene rings is 1. The highest BCUT2D eigenvalue weighted by Crippen LogP contribution is 2.18. The normalized spacial score (nSPS) is 10.5. The maximum atomic E-state index is 12.1. The molecule has 0 aliphatic rings. The Balaban J connectivity index is 2.15. The van der Waals surface area contributed by atoms with Gasteiger partial charge < -0.3 is 5.11 Å². The van der Waals surface area contributed by atoms with E-state index in [1.165, 1.54) is 0 Å². The molecule has 0 unspecified atom stereocenters. The Kier molecular flexibility index (Phi) is 4.53. The van der Waals surface area contributed by atoms with Gasteiger partial charge in [-0.3, -0.25) is 4.79 Å². The number of carbonyl (C=O) groups excluding carboxylic acids is 1. The molecule has 3 nitrogen and oxygen atoms in total. The number of ketones is 1. The second-order valence-electron chi connectivity index (χ2n) is 4.04. The van der Waals surface area contributed by atoms with Crippen molar-refractivity contribution in [3.8, 4) is 0 Å². The number of rotatable bonds is 4. The van der Waals surface area contributed by atoms with Crippen LogP contribution in [0.3, 0.4) is 0 Å². The summed E-state index contributed by atoms with van der Waals surface area (Å²) in [4.78, 5) is 16.0. The lowest BCUT2D eigenvalue weighted by Crippen LogP contribution is -2.04. The number of pyridine rings is 1. The zero-order valence-corrected chi connectivity index (χ0v) is 11.4. The van der Waals surface area contributed by atoms with Crippen LogP contribution in [0.15, 0.2) is 36.4 Å². The van der Waals surface area contributed by atoms with Gasteiger partial charge in [0.2, 0.25) is 0 Å². The maximum absolute atomic E-state index is 12.1. The molecule has 1 aromatic carbocycles. The van der Waals surface area contributed by atoms with Crippen molar-refractivity contribution < 1.29 is 9.90 Å². The van der Waals surface area contributed by atoms with Crippen LogP contribution < -0.4 is 0 Å². The molecule has 19 heavy (non-hydrogen) atoms. The van der Waals surface area contributed by atoms with Gasteiger partial charge in [-0.05, 0) is 17.2 Å². The fraction of sp³-hybridized carbons (Fsp3) is 0.143. The Hall–Kier alpha value is -1.42. The minimum atomic E-state index is -0.0597. The Morgan fingerprint density at radius 2 is 1.79 bits per heavy atom. The Bertz CT molecular complexity index is 597. The van der Waals surface area contributed by atoms with Crippen LogP contribution in [-0.4, -0.2) is 15.9 Å². The first-order valence-electron chi connectivity index (χ1n) is 5.64. The van der Waals surface area contributed by atoms with Crippen LogP contribution in [0.5, 0.6) is 0 Å². The summed E-state index contributed by atoms with van der Waals surface area (Å²) in [7, 11) is 0. The molecule has 0 saturated carbocycles. The molecular formula is C14H11Cl2NO2. The molecule has 0 spiro atoms. The molecule has 0 saturated heterocycles. The van der Waals surface area contributed by atoms with Crippen molar-refractivity contribution in [3.63, 3.8) is 0 Å². The van der Waals surface area contributed by atoms with Crippen LogP contribution in [0.25, 0.3) is 0 Å². The zero-order chi connectivity index (χ0) is 13.8. The first kappa shape index (κ1) is 14.0. The van der Waals surface area contributed by atoms with Crippen LogP contribution in [0, 0.1) is 0 Å². The molecule has 0 fully saturated rings. The zero-order valence-electron chi connectivity index (χ0n) is 9.94. The Labute approximate surface area is 120 Å². The van der Waals surface area contributed by atoms with Crippen molar-refractivity contribution in [3.05, 3.63) is 63.4 Å². The molecule has 0 bridgehead atoms. The molecular weight excluding hydrogens is 285 g/mol. The fourth-order valence-electron chi connectivity index (χ4n) is 1.64. The number of aliphatic hydroxyl groups is 1. The van der Waals surface area contributed by atoms with Crippen molar-refractivity contribution in [1.29, 1.82) is 0 Å². The van der Waals surface area contributed by atoms with E-state index in [-0.39, 0.29) is 24.0 Å².